The lowest BCUT2D eigenvalue weighted by atomic mass is 9.94. The Labute approximate surface area is 164 Å². The van der Waals surface area contributed by atoms with Gasteiger partial charge in [-0.3, -0.25) is 19.9 Å². The van der Waals surface area contributed by atoms with Gasteiger partial charge in [-0.05, 0) is 31.5 Å². The molecule has 8 heteroatoms. The van der Waals surface area contributed by atoms with Gasteiger partial charge >= 0.3 is 0 Å². The van der Waals surface area contributed by atoms with Crippen molar-refractivity contribution in [1.29, 1.82) is 0 Å². The highest BCUT2D eigenvalue weighted by Crippen LogP contribution is 2.24. The molecule has 3 aliphatic rings. The summed E-state index contributed by atoms with van der Waals surface area (Å²) >= 11 is 0. The van der Waals surface area contributed by atoms with Crippen LogP contribution in [0.15, 0.2) is 24.3 Å². The van der Waals surface area contributed by atoms with Crippen molar-refractivity contribution in [3.05, 3.63) is 30.1 Å². The molecule has 3 heterocycles. The number of amides is 2. The van der Waals surface area contributed by atoms with Gasteiger partial charge in [-0.25, -0.2) is 9.82 Å². The number of rotatable bonds is 3. The highest BCUT2D eigenvalue weighted by molar-refractivity contribution is 5.80. The van der Waals surface area contributed by atoms with Gasteiger partial charge in [0.15, 0.2) is 0 Å². The van der Waals surface area contributed by atoms with Crippen LogP contribution in [0.25, 0.3) is 0 Å². The molecular weight excluding hydrogens is 361 g/mol. The normalized spacial score (nSPS) is 26.8. The molecule has 152 valence electrons. The molecule has 3 saturated heterocycles. The van der Waals surface area contributed by atoms with Crippen LogP contribution < -0.4 is 15.8 Å². The Kier molecular flexibility index (Phi) is 5.77. The van der Waals surface area contributed by atoms with Crippen LogP contribution in [0.4, 0.5) is 10.1 Å². The number of likely N-dealkylation sites (tertiary alicyclic amines) is 1. The highest BCUT2D eigenvalue weighted by atomic mass is 19.1. The summed E-state index contributed by atoms with van der Waals surface area (Å²) in [4.78, 5) is 30.9. The van der Waals surface area contributed by atoms with E-state index in [1.165, 1.54) is 6.07 Å². The van der Waals surface area contributed by atoms with Gasteiger partial charge in [0.1, 0.15) is 5.82 Å². The lowest BCUT2D eigenvalue weighted by Crippen LogP contribution is -2.58. The molecule has 0 aromatic heterocycles. The Hall–Kier alpha value is -2.19. The molecule has 2 atom stereocenters. The molecule has 0 radical (unpaired) electrons. The van der Waals surface area contributed by atoms with Crippen LogP contribution in [0.1, 0.15) is 19.3 Å². The van der Waals surface area contributed by atoms with E-state index in [2.05, 4.69) is 15.8 Å². The van der Waals surface area contributed by atoms with Gasteiger partial charge in [-0.2, -0.15) is 0 Å². The summed E-state index contributed by atoms with van der Waals surface area (Å²) in [6, 6.07) is 6.96. The molecule has 2 unspecified atom stereocenters. The first-order valence-electron chi connectivity index (χ1n) is 10.2. The lowest BCUT2D eigenvalue weighted by molar-refractivity contribution is -0.138. The zero-order valence-electron chi connectivity index (χ0n) is 16.1. The summed E-state index contributed by atoms with van der Waals surface area (Å²) in [5.74, 6) is -0.0193. The summed E-state index contributed by atoms with van der Waals surface area (Å²) in [5, 5.41) is 0. The van der Waals surface area contributed by atoms with E-state index in [0.717, 1.165) is 19.4 Å². The van der Waals surface area contributed by atoms with Gasteiger partial charge < -0.3 is 9.80 Å². The number of halogens is 1. The van der Waals surface area contributed by atoms with Crippen LogP contribution in [0, 0.1) is 11.7 Å². The number of para-hydroxylation sites is 1. The van der Waals surface area contributed by atoms with Crippen LogP contribution in [0.5, 0.6) is 0 Å². The Bertz CT molecular complexity index is 722. The topological polar surface area (TPSA) is 67.9 Å². The van der Waals surface area contributed by atoms with Gasteiger partial charge in [-0.15, -0.1) is 0 Å². The average Bonchev–Trinajstić information content (AvgIpc) is 2.74. The Morgan fingerprint density at radius 3 is 2.64 bits per heavy atom. The molecule has 1 aromatic rings. The maximum atomic E-state index is 14.0. The summed E-state index contributed by atoms with van der Waals surface area (Å²) in [7, 11) is 0. The van der Waals surface area contributed by atoms with Gasteiger partial charge in [-0.1, -0.05) is 12.1 Å². The van der Waals surface area contributed by atoms with Crippen LogP contribution >= 0.6 is 0 Å². The molecule has 4 rings (SSSR count). The van der Waals surface area contributed by atoms with Crippen molar-refractivity contribution in [1.82, 2.24) is 20.7 Å². The zero-order valence-corrected chi connectivity index (χ0v) is 16.1. The third-order valence-electron chi connectivity index (χ3n) is 6.09. The molecule has 0 aliphatic carbocycles. The van der Waals surface area contributed by atoms with E-state index in [-0.39, 0.29) is 29.6 Å². The molecule has 2 N–H and O–H groups in total. The van der Waals surface area contributed by atoms with Crippen molar-refractivity contribution in [3.8, 4) is 0 Å². The number of hydrogen-bond donors (Lipinski definition) is 2. The monoisotopic (exact) mass is 389 g/mol. The molecule has 0 bridgehead atoms. The van der Waals surface area contributed by atoms with E-state index in [9.17, 15) is 14.0 Å². The Morgan fingerprint density at radius 2 is 1.89 bits per heavy atom. The molecule has 1 aromatic carbocycles. The van der Waals surface area contributed by atoms with Gasteiger partial charge in [0.05, 0.1) is 11.6 Å². The third kappa shape index (κ3) is 4.12. The number of piperazine rings is 1. The van der Waals surface area contributed by atoms with Crippen molar-refractivity contribution >= 4 is 17.5 Å². The van der Waals surface area contributed by atoms with E-state index < -0.39 is 0 Å². The van der Waals surface area contributed by atoms with Crippen molar-refractivity contribution < 1.29 is 14.0 Å². The van der Waals surface area contributed by atoms with Gasteiger partial charge in [0, 0.05) is 51.7 Å². The van der Waals surface area contributed by atoms with Crippen LogP contribution in [0.3, 0.4) is 0 Å². The Morgan fingerprint density at radius 1 is 1.11 bits per heavy atom. The van der Waals surface area contributed by atoms with Crippen molar-refractivity contribution in [2.45, 2.75) is 25.3 Å². The van der Waals surface area contributed by atoms with E-state index in [0.29, 0.717) is 51.4 Å². The van der Waals surface area contributed by atoms with Crippen LogP contribution in [-0.2, 0) is 9.59 Å². The molecule has 2 amide bonds. The summed E-state index contributed by atoms with van der Waals surface area (Å²) in [5.41, 5.74) is 6.19. The second-order valence-corrected chi connectivity index (χ2v) is 7.88. The number of hydrogen-bond acceptors (Lipinski definition) is 5. The minimum Gasteiger partial charge on any atom is -0.366 e. The largest absolute Gasteiger partial charge is 0.366 e. The molecule has 3 fully saturated rings. The second-order valence-electron chi connectivity index (χ2n) is 7.88. The minimum absolute atomic E-state index is 0.00830. The van der Waals surface area contributed by atoms with Crippen LogP contribution in [0.2, 0.25) is 0 Å². The predicted molar refractivity (Wildman–Crippen MR) is 104 cm³/mol. The lowest BCUT2D eigenvalue weighted by Gasteiger charge is -2.42. The fourth-order valence-electron chi connectivity index (χ4n) is 4.54. The minimum atomic E-state index is -0.213. The zero-order chi connectivity index (χ0) is 19.5. The molecule has 3 aliphatic heterocycles. The molecule has 0 saturated carbocycles. The second kappa shape index (κ2) is 8.45. The smallest absolute Gasteiger partial charge is 0.235 e. The first-order valence-corrected chi connectivity index (χ1v) is 10.2. The number of benzene rings is 1. The van der Waals surface area contributed by atoms with Crippen LogP contribution in [-0.4, -0.2) is 73.5 Å². The average molecular weight is 389 g/mol. The maximum Gasteiger partial charge on any atom is 0.235 e. The van der Waals surface area contributed by atoms with Gasteiger partial charge in [0.2, 0.25) is 11.8 Å². The fraction of sp³-hybridized carbons (Fsp3) is 0.600. The summed E-state index contributed by atoms with van der Waals surface area (Å²) in [6.07, 6.45) is 2.36. The maximum absolute atomic E-state index is 14.0. The summed E-state index contributed by atoms with van der Waals surface area (Å²) < 4.78 is 14.0. The Balaban J connectivity index is 1.32. The number of nitrogens with zero attached hydrogens (tertiary/aromatic N) is 3. The molecular formula is C20H28FN5O2. The van der Waals surface area contributed by atoms with Crippen molar-refractivity contribution in [2.24, 2.45) is 5.92 Å². The van der Waals surface area contributed by atoms with E-state index in [1.807, 2.05) is 15.9 Å². The first kappa shape index (κ1) is 19.1. The van der Waals surface area contributed by atoms with E-state index in [4.69, 9.17) is 0 Å². The number of hydrazine groups is 1. The molecule has 28 heavy (non-hydrogen) atoms. The predicted octanol–water partition coefficient (Wildman–Crippen LogP) is 0.579. The summed E-state index contributed by atoms with van der Waals surface area (Å²) in [6.45, 7) is 4.91. The van der Waals surface area contributed by atoms with Crippen molar-refractivity contribution in [3.63, 3.8) is 0 Å². The quantitative estimate of drug-likeness (QED) is 0.792. The number of carbonyl (C=O) groups is 2. The van der Waals surface area contributed by atoms with E-state index >= 15 is 0 Å². The molecule has 0 spiro atoms. The number of carbonyl (C=O) groups excluding carboxylic acids is 2. The first-order chi connectivity index (χ1) is 13.6. The SMILES string of the molecule is O=C1CC(N2CCCC(C(=O)N3CCN(c4ccccc4F)CC3)C2)CNN1. The standard InChI is InChI=1S/C20H28FN5O2/c21-17-5-1-2-6-18(17)24-8-10-25(11-9-24)20(28)15-4-3-7-26(14-15)16-12-19(27)23-22-13-16/h1-2,5-6,15-16,22H,3-4,7-14H2,(H,23,27). The number of nitrogens with one attached hydrogen (secondary N) is 2. The fourth-order valence-corrected chi connectivity index (χ4v) is 4.54. The van der Waals surface area contributed by atoms with E-state index in [1.54, 1.807) is 12.1 Å². The molecule has 7 nitrogen and oxygen atoms in total. The van der Waals surface area contributed by atoms with Gasteiger partial charge in [0.25, 0.3) is 0 Å². The van der Waals surface area contributed by atoms with Crippen molar-refractivity contribution in [2.75, 3.05) is 50.7 Å². The number of piperidine rings is 1. The third-order valence-corrected chi connectivity index (χ3v) is 6.09. The highest BCUT2D eigenvalue weighted by Gasteiger charge is 2.34. The number of anilines is 1.